The number of nitrogens with zero attached hydrogens (tertiary/aromatic N) is 1. The monoisotopic (exact) mass is 393 g/mol. The van der Waals surface area contributed by atoms with Gasteiger partial charge in [-0.05, 0) is 59.5 Å². The van der Waals surface area contributed by atoms with Crippen LogP contribution in [-0.4, -0.2) is 29.4 Å². The Kier molecular flexibility index (Phi) is 5.79. The number of aliphatic hydroxyl groups is 1. The Hall–Kier alpha value is -2.89. The average Bonchev–Trinajstić information content (AvgIpc) is 3.15. The number of benzene rings is 3. The van der Waals surface area contributed by atoms with Crippen molar-refractivity contribution in [2.24, 2.45) is 0 Å². The standard InChI is InChI=1S/C24H24FNO3/c1-17(27)13-26(15-19-8-9-23-24(11-19)29-16-28-23)14-18-4-2-5-20(10-18)21-6-3-7-22(25)12-21/h2-12,17,27H,13-16H2,1H3/t17-/m1/s1. The lowest BCUT2D eigenvalue weighted by Crippen LogP contribution is -2.30. The predicted octanol–water partition coefficient (Wildman–Crippen LogP) is 4.60. The molecule has 0 aliphatic carbocycles. The van der Waals surface area contributed by atoms with Gasteiger partial charge in [-0.15, -0.1) is 0 Å². The van der Waals surface area contributed by atoms with Crippen LogP contribution in [0.4, 0.5) is 4.39 Å². The fraction of sp³-hybridized carbons (Fsp3) is 0.250. The fourth-order valence-electron chi connectivity index (χ4n) is 3.63. The first kappa shape index (κ1) is 19.4. The maximum atomic E-state index is 13.6. The number of rotatable bonds is 7. The van der Waals surface area contributed by atoms with Gasteiger partial charge in [0.15, 0.2) is 11.5 Å². The number of ether oxygens (including phenoxy) is 2. The molecular weight excluding hydrogens is 369 g/mol. The zero-order chi connectivity index (χ0) is 20.2. The van der Waals surface area contributed by atoms with E-state index in [0.717, 1.165) is 33.8 Å². The first-order chi connectivity index (χ1) is 14.1. The third kappa shape index (κ3) is 4.94. The fourth-order valence-corrected chi connectivity index (χ4v) is 3.63. The molecule has 0 saturated heterocycles. The van der Waals surface area contributed by atoms with Gasteiger partial charge in [0.25, 0.3) is 0 Å². The minimum atomic E-state index is -0.449. The van der Waals surface area contributed by atoms with Crippen LogP contribution in [0.2, 0.25) is 0 Å². The van der Waals surface area contributed by atoms with E-state index < -0.39 is 6.10 Å². The van der Waals surface area contributed by atoms with E-state index >= 15 is 0 Å². The Balaban J connectivity index is 1.53. The minimum absolute atomic E-state index is 0.244. The number of hydrogen-bond acceptors (Lipinski definition) is 4. The average molecular weight is 393 g/mol. The Bertz CT molecular complexity index is 989. The summed E-state index contributed by atoms with van der Waals surface area (Å²) in [6.45, 7) is 3.92. The van der Waals surface area contributed by atoms with Crippen molar-refractivity contribution in [3.63, 3.8) is 0 Å². The van der Waals surface area contributed by atoms with E-state index in [1.807, 2.05) is 36.4 Å². The third-order valence-corrected chi connectivity index (χ3v) is 4.86. The molecule has 3 aromatic rings. The highest BCUT2D eigenvalue weighted by atomic mass is 19.1. The van der Waals surface area contributed by atoms with Crippen LogP contribution in [-0.2, 0) is 13.1 Å². The Morgan fingerprint density at radius 2 is 1.59 bits per heavy atom. The molecule has 5 heteroatoms. The number of hydrogen-bond donors (Lipinski definition) is 1. The molecule has 0 saturated carbocycles. The lowest BCUT2D eigenvalue weighted by atomic mass is 10.0. The van der Waals surface area contributed by atoms with E-state index in [9.17, 15) is 9.50 Å². The van der Waals surface area contributed by atoms with Crippen LogP contribution in [0.1, 0.15) is 18.1 Å². The number of fused-ring (bicyclic) bond motifs is 1. The lowest BCUT2D eigenvalue weighted by molar-refractivity contribution is 0.118. The maximum Gasteiger partial charge on any atom is 0.231 e. The van der Waals surface area contributed by atoms with E-state index in [-0.39, 0.29) is 12.6 Å². The van der Waals surface area contributed by atoms with Crippen molar-refractivity contribution in [2.45, 2.75) is 26.1 Å². The topological polar surface area (TPSA) is 41.9 Å². The van der Waals surface area contributed by atoms with Crippen molar-refractivity contribution in [2.75, 3.05) is 13.3 Å². The summed E-state index contributed by atoms with van der Waals surface area (Å²) in [6.07, 6.45) is -0.449. The molecule has 0 radical (unpaired) electrons. The molecular formula is C24H24FNO3. The summed E-state index contributed by atoms with van der Waals surface area (Å²) in [4.78, 5) is 2.19. The zero-order valence-electron chi connectivity index (χ0n) is 16.3. The van der Waals surface area contributed by atoms with Crippen LogP contribution in [0.15, 0.2) is 66.7 Å². The quantitative estimate of drug-likeness (QED) is 0.637. The molecule has 3 aromatic carbocycles. The number of halogens is 1. The van der Waals surface area contributed by atoms with Gasteiger partial charge in [0.1, 0.15) is 5.82 Å². The maximum absolute atomic E-state index is 13.6. The summed E-state index contributed by atoms with van der Waals surface area (Å²) in [5, 5.41) is 9.97. The molecule has 150 valence electrons. The van der Waals surface area contributed by atoms with E-state index in [2.05, 4.69) is 17.0 Å². The van der Waals surface area contributed by atoms with Crippen molar-refractivity contribution >= 4 is 0 Å². The van der Waals surface area contributed by atoms with E-state index in [0.29, 0.717) is 19.6 Å². The lowest BCUT2D eigenvalue weighted by Gasteiger charge is -2.24. The minimum Gasteiger partial charge on any atom is -0.454 e. The molecule has 0 fully saturated rings. The van der Waals surface area contributed by atoms with Gasteiger partial charge in [0.2, 0.25) is 6.79 Å². The molecule has 0 aromatic heterocycles. The second kappa shape index (κ2) is 8.64. The van der Waals surface area contributed by atoms with Gasteiger partial charge in [0, 0.05) is 19.6 Å². The van der Waals surface area contributed by atoms with Crippen molar-refractivity contribution < 1.29 is 19.0 Å². The van der Waals surface area contributed by atoms with E-state index in [1.54, 1.807) is 19.1 Å². The summed E-state index contributed by atoms with van der Waals surface area (Å²) in [7, 11) is 0. The van der Waals surface area contributed by atoms with Crippen molar-refractivity contribution in [3.8, 4) is 22.6 Å². The van der Waals surface area contributed by atoms with Crippen LogP contribution < -0.4 is 9.47 Å². The van der Waals surface area contributed by atoms with Gasteiger partial charge >= 0.3 is 0 Å². The Morgan fingerprint density at radius 1 is 0.897 bits per heavy atom. The van der Waals surface area contributed by atoms with Crippen molar-refractivity contribution in [1.29, 1.82) is 0 Å². The highest BCUT2D eigenvalue weighted by Gasteiger charge is 2.16. The van der Waals surface area contributed by atoms with E-state index in [1.165, 1.54) is 6.07 Å². The molecule has 1 heterocycles. The van der Waals surface area contributed by atoms with Crippen LogP contribution in [0.25, 0.3) is 11.1 Å². The van der Waals surface area contributed by atoms with Crippen LogP contribution in [0, 0.1) is 5.82 Å². The van der Waals surface area contributed by atoms with Gasteiger partial charge in [-0.1, -0.05) is 36.4 Å². The summed E-state index contributed by atoms with van der Waals surface area (Å²) in [6, 6.07) is 20.6. The first-order valence-corrected chi connectivity index (χ1v) is 9.70. The van der Waals surface area contributed by atoms with Crippen LogP contribution in [0.3, 0.4) is 0 Å². The van der Waals surface area contributed by atoms with Gasteiger partial charge in [-0.3, -0.25) is 4.90 Å². The molecule has 4 rings (SSSR count). The second-order valence-electron chi connectivity index (χ2n) is 7.42. The number of aliphatic hydroxyl groups excluding tert-OH is 1. The molecule has 1 N–H and O–H groups in total. The third-order valence-electron chi connectivity index (χ3n) is 4.86. The normalized spacial score (nSPS) is 13.7. The summed E-state index contributed by atoms with van der Waals surface area (Å²) < 4.78 is 24.4. The molecule has 4 nitrogen and oxygen atoms in total. The van der Waals surface area contributed by atoms with Gasteiger partial charge in [0.05, 0.1) is 6.10 Å². The van der Waals surface area contributed by atoms with Crippen molar-refractivity contribution in [1.82, 2.24) is 4.90 Å². The summed E-state index contributed by atoms with van der Waals surface area (Å²) >= 11 is 0. The molecule has 29 heavy (non-hydrogen) atoms. The largest absolute Gasteiger partial charge is 0.454 e. The predicted molar refractivity (Wildman–Crippen MR) is 110 cm³/mol. The van der Waals surface area contributed by atoms with Gasteiger partial charge in [-0.2, -0.15) is 0 Å². The van der Waals surface area contributed by atoms with Crippen LogP contribution >= 0.6 is 0 Å². The Labute approximate surface area is 170 Å². The summed E-state index contributed by atoms with van der Waals surface area (Å²) in [5.74, 6) is 1.28. The molecule has 1 aliphatic heterocycles. The molecule has 1 atom stereocenters. The summed E-state index contributed by atoms with van der Waals surface area (Å²) in [5.41, 5.74) is 4.02. The van der Waals surface area contributed by atoms with Crippen LogP contribution in [0.5, 0.6) is 11.5 Å². The molecule has 0 bridgehead atoms. The molecule has 0 spiro atoms. The van der Waals surface area contributed by atoms with E-state index in [4.69, 9.17) is 9.47 Å². The highest BCUT2D eigenvalue weighted by Crippen LogP contribution is 2.33. The highest BCUT2D eigenvalue weighted by molar-refractivity contribution is 5.64. The van der Waals surface area contributed by atoms with Crippen molar-refractivity contribution in [3.05, 3.63) is 83.7 Å². The van der Waals surface area contributed by atoms with Gasteiger partial charge < -0.3 is 14.6 Å². The molecule has 1 aliphatic rings. The second-order valence-corrected chi connectivity index (χ2v) is 7.42. The zero-order valence-corrected chi connectivity index (χ0v) is 16.3. The first-order valence-electron chi connectivity index (χ1n) is 9.70. The van der Waals surface area contributed by atoms with Gasteiger partial charge in [-0.25, -0.2) is 4.39 Å². The molecule has 0 unspecified atom stereocenters. The smallest absolute Gasteiger partial charge is 0.231 e. The Morgan fingerprint density at radius 3 is 2.34 bits per heavy atom. The SMILES string of the molecule is C[C@@H](O)CN(Cc1cccc(-c2cccc(F)c2)c1)Cc1ccc2c(c1)OCO2. The molecule has 0 amide bonds.